The van der Waals surface area contributed by atoms with Gasteiger partial charge in [0.15, 0.2) is 5.96 Å². The third-order valence-electron chi connectivity index (χ3n) is 2.97. The number of hydrogen-bond acceptors (Lipinski definition) is 5. The summed E-state index contributed by atoms with van der Waals surface area (Å²) in [6.45, 7) is 1.78. The molecule has 0 aliphatic carbocycles. The second-order valence-electron chi connectivity index (χ2n) is 5.13. The molecule has 24 heavy (non-hydrogen) atoms. The lowest BCUT2D eigenvalue weighted by Crippen LogP contribution is -2.52. The van der Waals surface area contributed by atoms with Gasteiger partial charge in [-0.25, -0.2) is 0 Å². The van der Waals surface area contributed by atoms with Gasteiger partial charge < -0.3 is 32.5 Å². The molecule has 11 heteroatoms. The molecule has 0 heterocycles. The molecule has 0 radical (unpaired) electrons. The Morgan fingerprint density at radius 1 is 1.12 bits per heavy atom. The van der Waals surface area contributed by atoms with E-state index in [-0.39, 0.29) is 31.1 Å². The van der Waals surface area contributed by atoms with Crippen LogP contribution >= 0.6 is 0 Å². The smallest absolute Gasteiger partial charge is 0.303 e. The summed E-state index contributed by atoms with van der Waals surface area (Å²) in [5, 5.41) is 22.8. The number of carboxylic acid groups (broad SMARTS) is 1. The second-order valence-corrected chi connectivity index (χ2v) is 5.13. The number of hydrogen-bond donors (Lipinski definition) is 7. The second kappa shape index (κ2) is 10.8. The molecule has 3 amide bonds. The van der Waals surface area contributed by atoms with Crippen LogP contribution in [0.5, 0.6) is 0 Å². The Morgan fingerprint density at radius 2 is 1.75 bits per heavy atom. The molecule has 0 unspecified atom stereocenters. The topological polar surface area (TPSA) is 200 Å². The van der Waals surface area contributed by atoms with Gasteiger partial charge in [0.05, 0.1) is 0 Å². The molecular formula is C13H24N6O5. The highest BCUT2D eigenvalue weighted by Gasteiger charge is 2.23. The van der Waals surface area contributed by atoms with E-state index < -0.39 is 29.9 Å². The Hall–Kier alpha value is -2.85. The minimum Gasteiger partial charge on any atom is -0.481 e. The van der Waals surface area contributed by atoms with Crippen molar-refractivity contribution in [3.8, 4) is 0 Å². The number of amides is 3. The molecule has 0 aromatic heterocycles. The van der Waals surface area contributed by atoms with Crippen LogP contribution in [-0.4, -0.2) is 53.4 Å². The van der Waals surface area contributed by atoms with E-state index in [0.29, 0.717) is 13.0 Å². The summed E-state index contributed by atoms with van der Waals surface area (Å²) >= 11 is 0. The van der Waals surface area contributed by atoms with Crippen LogP contribution in [0.15, 0.2) is 0 Å². The van der Waals surface area contributed by atoms with E-state index in [9.17, 15) is 19.2 Å². The van der Waals surface area contributed by atoms with Crippen molar-refractivity contribution < 1.29 is 24.3 Å². The van der Waals surface area contributed by atoms with Gasteiger partial charge >= 0.3 is 5.97 Å². The van der Waals surface area contributed by atoms with Gasteiger partial charge in [-0.3, -0.25) is 24.6 Å². The van der Waals surface area contributed by atoms with Crippen molar-refractivity contribution >= 4 is 29.7 Å². The molecular weight excluding hydrogens is 320 g/mol. The van der Waals surface area contributed by atoms with Gasteiger partial charge in [-0.15, -0.1) is 0 Å². The van der Waals surface area contributed by atoms with Crippen molar-refractivity contribution in [2.75, 3.05) is 6.54 Å². The summed E-state index contributed by atoms with van der Waals surface area (Å²) in [6, 6.07) is -2.03. The molecule has 2 atom stereocenters. The van der Waals surface area contributed by atoms with Crippen LogP contribution in [0.1, 0.15) is 32.6 Å². The maximum absolute atomic E-state index is 11.9. The Bertz CT molecular complexity index is 495. The van der Waals surface area contributed by atoms with E-state index in [0.717, 1.165) is 0 Å². The number of guanidine groups is 1. The van der Waals surface area contributed by atoms with E-state index in [1.54, 1.807) is 0 Å². The normalized spacial score (nSPS) is 12.5. The monoisotopic (exact) mass is 344 g/mol. The van der Waals surface area contributed by atoms with Crippen LogP contribution in [0, 0.1) is 5.41 Å². The van der Waals surface area contributed by atoms with E-state index >= 15 is 0 Å². The first-order valence-electron chi connectivity index (χ1n) is 7.32. The molecule has 0 aliphatic rings. The number of carbonyl (C=O) groups is 4. The molecule has 0 bridgehead atoms. The van der Waals surface area contributed by atoms with Crippen molar-refractivity contribution in [2.45, 2.75) is 44.7 Å². The molecule has 0 aliphatic heterocycles. The Morgan fingerprint density at radius 3 is 2.25 bits per heavy atom. The van der Waals surface area contributed by atoms with Crippen LogP contribution in [-0.2, 0) is 19.2 Å². The Labute approximate surface area is 139 Å². The minimum absolute atomic E-state index is 0.121. The third kappa shape index (κ3) is 9.97. The van der Waals surface area contributed by atoms with Gasteiger partial charge in [0.1, 0.15) is 12.1 Å². The van der Waals surface area contributed by atoms with Crippen molar-refractivity contribution in [3.63, 3.8) is 0 Å². The molecule has 9 N–H and O–H groups in total. The van der Waals surface area contributed by atoms with E-state index in [4.69, 9.17) is 22.0 Å². The van der Waals surface area contributed by atoms with Crippen LogP contribution in [0.3, 0.4) is 0 Å². The lowest BCUT2D eigenvalue weighted by Gasteiger charge is -2.19. The minimum atomic E-state index is -1.12. The zero-order valence-corrected chi connectivity index (χ0v) is 13.4. The van der Waals surface area contributed by atoms with Crippen molar-refractivity contribution in [2.24, 2.45) is 11.5 Å². The summed E-state index contributed by atoms with van der Waals surface area (Å²) in [6.07, 6.45) is 0.0873. The number of aliphatic carboxylic acids is 1. The fourth-order valence-electron chi connectivity index (χ4n) is 1.70. The molecule has 11 nitrogen and oxygen atoms in total. The van der Waals surface area contributed by atoms with Crippen LogP contribution in [0.2, 0.25) is 0 Å². The zero-order chi connectivity index (χ0) is 18.7. The molecule has 0 aromatic rings. The third-order valence-corrected chi connectivity index (χ3v) is 2.97. The first-order valence-corrected chi connectivity index (χ1v) is 7.32. The van der Waals surface area contributed by atoms with Crippen molar-refractivity contribution in [1.82, 2.24) is 16.0 Å². The summed E-state index contributed by atoms with van der Waals surface area (Å²) in [7, 11) is 0. The van der Waals surface area contributed by atoms with Gasteiger partial charge in [0, 0.05) is 19.4 Å². The number of primary amides is 1. The quantitative estimate of drug-likeness (QED) is 0.123. The van der Waals surface area contributed by atoms with Crippen LogP contribution < -0.4 is 27.4 Å². The lowest BCUT2D eigenvalue weighted by atomic mass is 10.1. The predicted molar refractivity (Wildman–Crippen MR) is 84.8 cm³/mol. The SMILES string of the molecule is C[C@@H](NC(=O)CCCNC(=N)N)C(=O)N[C@H](CCC(=O)O)C(N)=O. The number of carbonyl (C=O) groups excluding carboxylic acids is 3. The highest BCUT2D eigenvalue weighted by molar-refractivity contribution is 5.91. The van der Waals surface area contributed by atoms with E-state index in [2.05, 4.69) is 16.0 Å². The number of rotatable bonds is 11. The molecule has 0 aromatic carbocycles. The summed E-state index contributed by atoms with van der Waals surface area (Å²) < 4.78 is 0. The first kappa shape index (κ1) is 21.1. The Kier molecular flexibility index (Phi) is 9.52. The largest absolute Gasteiger partial charge is 0.481 e. The fourth-order valence-corrected chi connectivity index (χ4v) is 1.70. The van der Waals surface area contributed by atoms with Gasteiger partial charge in [0.25, 0.3) is 0 Å². The lowest BCUT2D eigenvalue weighted by molar-refractivity contribution is -0.137. The number of nitrogens with one attached hydrogen (secondary N) is 4. The number of carboxylic acids is 1. The van der Waals surface area contributed by atoms with Gasteiger partial charge in [-0.2, -0.15) is 0 Å². The van der Waals surface area contributed by atoms with E-state index in [1.165, 1.54) is 6.92 Å². The standard InChI is InChI=1S/C13H24N6O5/c1-7(18-9(20)3-2-6-17-13(15)16)12(24)19-8(11(14)23)4-5-10(21)22/h7-8H,2-6H2,1H3,(H2,14,23)(H,18,20)(H,19,24)(H,21,22)(H4,15,16,17)/t7-,8-/m1/s1. The van der Waals surface area contributed by atoms with Gasteiger partial charge in [-0.05, 0) is 19.8 Å². The van der Waals surface area contributed by atoms with Crippen molar-refractivity contribution in [1.29, 1.82) is 5.41 Å². The van der Waals surface area contributed by atoms with Crippen LogP contribution in [0.4, 0.5) is 0 Å². The average Bonchev–Trinajstić information content (AvgIpc) is 2.46. The summed E-state index contributed by atoms with van der Waals surface area (Å²) in [5.74, 6) is -3.18. The van der Waals surface area contributed by atoms with Crippen molar-refractivity contribution in [3.05, 3.63) is 0 Å². The maximum Gasteiger partial charge on any atom is 0.303 e. The molecule has 0 saturated carbocycles. The summed E-state index contributed by atoms with van der Waals surface area (Å²) in [5.41, 5.74) is 10.2. The zero-order valence-electron chi connectivity index (χ0n) is 13.4. The maximum atomic E-state index is 11.9. The van der Waals surface area contributed by atoms with Gasteiger partial charge in [-0.1, -0.05) is 0 Å². The molecule has 0 fully saturated rings. The first-order chi connectivity index (χ1) is 11.1. The molecule has 0 saturated heterocycles. The molecule has 0 rings (SSSR count). The predicted octanol–water partition coefficient (Wildman–Crippen LogP) is -2.41. The Balaban J connectivity index is 4.27. The van der Waals surface area contributed by atoms with E-state index in [1.807, 2.05) is 0 Å². The molecule has 0 spiro atoms. The summed E-state index contributed by atoms with van der Waals surface area (Å²) in [4.78, 5) is 45.3. The van der Waals surface area contributed by atoms with Gasteiger partial charge in [0.2, 0.25) is 17.7 Å². The average molecular weight is 344 g/mol. The highest BCUT2D eigenvalue weighted by Crippen LogP contribution is 1.98. The van der Waals surface area contributed by atoms with Crippen LogP contribution in [0.25, 0.3) is 0 Å². The number of nitrogens with two attached hydrogens (primary N) is 2. The fraction of sp³-hybridized carbons (Fsp3) is 0.615. The molecule has 136 valence electrons. The highest BCUT2D eigenvalue weighted by atomic mass is 16.4.